The number of thiol groups is 1. The Hall–Kier alpha value is -0.520. The van der Waals surface area contributed by atoms with Crippen LogP contribution in [0.1, 0.15) is 24.2 Å². The summed E-state index contributed by atoms with van der Waals surface area (Å²) in [5, 5.41) is 9.69. The molecule has 1 rings (SSSR count). The van der Waals surface area contributed by atoms with E-state index in [0.29, 0.717) is 5.56 Å². The highest BCUT2D eigenvalue weighted by atomic mass is 79.9. The summed E-state index contributed by atoms with van der Waals surface area (Å²) < 4.78 is 0.725. The maximum absolute atomic E-state index is 12.1. The Morgan fingerprint density at radius 1 is 1.53 bits per heavy atom. The predicted molar refractivity (Wildman–Crippen MR) is 74.7 cm³/mol. The fourth-order valence-corrected chi connectivity index (χ4v) is 2.15. The number of aliphatic hydroxyl groups is 1. The Morgan fingerprint density at radius 3 is 2.65 bits per heavy atom. The van der Waals surface area contributed by atoms with Gasteiger partial charge in [-0.05, 0) is 48.0 Å². The quantitative estimate of drug-likeness (QED) is 0.841. The number of carbonyl (C=O) groups is 1. The van der Waals surface area contributed by atoms with E-state index in [2.05, 4.69) is 28.6 Å². The first-order chi connectivity index (χ1) is 7.70. The van der Waals surface area contributed by atoms with Gasteiger partial charge < -0.3 is 10.0 Å². The van der Waals surface area contributed by atoms with Gasteiger partial charge in [-0.3, -0.25) is 4.79 Å². The molecule has 0 atom stereocenters. The molecule has 0 fully saturated rings. The largest absolute Gasteiger partial charge is 0.389 e. The summed E-state index contributed by atoms with van der Waals surface area (Å²) in [6.45, 7) is 3.61. The minimum absolute atomic E-state index is 0.144. The van der Waals surface area contributed by atoms with Crippen LogP contribution in [-0.2, 0) is 0 Å². The first-order valence-corrected chi connectivity index (χ1v) is 6.41. The van der Waals surface area contributed by atoms with Crippen molar-refractivity contribution in [1.29, 1.82) is 0 Å². The molecule has 1 N–H and O–H groups in total. The maximum atomic E-state index is 12.1. The average molecular weight is 318 g/mol. The van der Waals surface area contributed by atoms with Gasteiger partial charge in [0.15, 0.2) is 0 Å². The van der Waals surface area contributed by atoms with E-state index >= 15 is 0 Å². The van der Waals surface area contributed by atoms with E-state index < -0.39 is 5.60 Å². The Balaban J connectivity index is 2.93. The molecular formula is C12H16BrNO2S. The van der Waals surface area contributed by atoms with Crippen LogP contribution in [0.2, 0.25) is 0 Å². The summed E-state index contributed by atoms with van der Waals surface area (Å²) in [7, 11) is 1.66. The van der Waals surface area contributed by atoms with Crippen LogP contribution < -0.4 is 0 Å². The highest BCUT2D eigenvalue weighted by Crippen LogP contribution is 2.22. The van der Waals surface area contributed by atoms with Crippen molar-refractivity contribution in [3.05, 3.63) is 28.2 Å². The van der Waals surface area contributed by atoms with Gasteiger partial charge in [-0.1, -0.05) is 0 Å². The van der Waals surface area contributed by atoms with Gasteiger partial charge in [-0.15, -0.1) is 12.6 Å². The Bertz CT molecular complexity index is 429. The van der Waals surface area contributed by atoms with Gasteiger partial charge in [0.2, 0.25) is 0 Å². The molecule has 1 aromatic carbocycles. The van der Waals surface area contributed by atoms with Crippen molar-refractivity contribution in [1.82, 2.24) is 4.90 Å². The first-order valence-electron chi connectivity index (χ1n) is 5.17. The lowest BCUT2D eigenvalue weighted by molar-refractivity contribution is 0.0367. The molecule has 5 heteroatoms. The molecule has 0 saturated heterocycles. The van der Waals surface area contributed by atoms with E-state index in [1.807, 2.05) is 0 Å². The summed E-state index contributed by atoms with van der Waals surface area (Å²) in [5.74, 6) is -0.144. The van der Waals surface area contributed by atoms with Crippen LogP contribution in [0, 0.1) is 0 Å². The van der Waals surface area contributed by atoms with Crippen molar-refractivity contribution in [3.8, 4) is 0 Å². The SMILES string of the molecule is CN(CC(C)(C)O)C(=O)c1cc(S)ccc1Br. The molecule has 0 heterocycles. The molecule has 1 aromatic rings. The third kappa shape index (κ3) is 4.33. The summed E-state index contributed by atoms with van der Waals surface area (Å²) in [5.41, 5.74) is -0.362. The zero-order valence-corrected chi connectivity index (χ0v) is 12.5. The van der Waals surface area contributed by atoms with Gasteiger partial charge in [0.05, 0.1) is 11.2 Å². The van der Waals surface area contributed by atoms with Crippen molar-refractivity contribution < 1.29 is 9.90 Å². The monoisotopic (exact) mass is 317 g/mol. The lowest BCUT2D eigenvalue weighted by Gasteiger charge is -2.26. The smallest absolute Gasteiger partial charge is 0.254 e. The average Bonchev–Trinajstić information content (AvgIpc) is 2.18. The molecule has 1 amide bonds. The molecule has 0 radical (unpaired) electrons. The molecule has 3 nitrogen and oxygen atoms in total. The van der Waals surface area contributed by atoms with Crippen LogP contribution in [0.15, 0.2) is 27.6 Å². The Labute approximate surface area is 115 Å². The summed E-state index contributed by atoms with van der Waals surface area (Å²) in [4.78, 5) is 14.4. The minimum Gasteiger partial charge on any atom is -0.389 e. The van der Waals surface area contributed by atoms with E-state index in [0.717, 1.165) is 9.37 Å². The molecule has 94 valence electrons. The second-order valence-corrected chi connectivity index (χ2v) is 6.01. The van der Waals surface area contributed by atoms with E-state index in [-0.39, 0.29) is 12.5 Å². The Morgan fingerprint density at radius 2 is 2.12 bits per heavy atom. The normalized spacial score (nSPS) is 11.4. The summed E-state index contributed by atoms with van der Waals surface area (Å²) in [6.07, 6.45) is 0. The molecule has 0 saturated carbocycles. The molecule has 0 aliphatic heterocycles. The number of carbonyl (C=O) groups excluding carboxylic acids is 1. The molecule has 0 aromatic heterocycles. The number of hydrogen-bond acceptors (Lipinski definition) is 3. The van der Waals surface area contributed by atoms with Crippen molar-refractivity contribution in [2.75, 3.05) is 13.6 Å². The van der Waals surface area contributed by atoms with Gasteiger partial charge in [0, 0.05) is 23.0 Å². The number of likely N-dealkylation sites (N-methyl/N-ethyl adjacent to an activating group) is 1. The van der Waals surface area contributed by atoms with Crippen molar-refractivity contribution in [3.63, 3.8) is 0 Å². The molecule has 0 aliphatic rings. The zero-order valence-electron chi connectivity index (χ0n) is 10.1. The van der Waals surface area contributed by atoms with Gasteiger partial charge in [0.25, 0.3) is 5.91 Å². The number of benzene rings is 1. The van der Waals surface area contributed by atoms with Gasteiger partial charge in [-0.25, -0.2) is 0 Å². The first kappa shape index (κ1) is 14.5. The van der Waals surface area contributed by atoms with E-state index in [4.69, 9.17) is 0 Å². The Kier molecular flexibility index (Phi) is 4.63. The summed E-state index contributed by atoms with van der Waals surface area (Å²) >= 11 is 7.54. The second kappa shape index (κ2) is 5.42. The van der Waals surface area contributed by atoms with Crippen LogP contribution in [0.5, 0.6) is 0 Å². The van der Waals surface area contributed by atoms with Crippen LogP contribution in [0.3, 0.4) is 0 Å². The van der Waals surface area contributed by atoms with Gasteiger partial charge in [0.1, 0.15) is 0 Å². The molecule has 0 aliphatic carbocycles. The number of nitrogens with zero attached hydrogens (tertiary/aromatic N) is 1. The number of halogens is 1. The van der Waals surface area contributed by atoms with Gasteiger partial charge >= 0.3 is 0 Å². The predicted octanol–water partition coefficient (Wildman–Crippen LogP) is 2.58. The third-order valence-electron chi connectivity index (χ3n) is 2.15. The maximum Gasteiger partial charge on any atom is 0.254 e. The topological polar surface area (TPSA) is 40.5 Å². The molecule has 0 bridgehead atoms. The third-order valence-corrected chi connectivity index (χ3v) is 3.12. The van der Waals surface area contributed by atoms with Crippen LogP contribution in [0.25, 0.3) is 0 Å². The zero-order chi connectivity index (χ0) is 13.2. The van der Waals surface area contributed by atoms with Crippen LogP contribution >= 0.6 is 28.6 Å². The number of rotatable bonds is 3. The highest BCUT2D eigenvalue weighted by Gasteiger charge is 2.21. The molecule has 17 heavy (non-hydrogen) atoms. The fourth-order valence-electron chi connectivity index (χ4n) is 1.53. The standard InChI is InChI=1S/C12H16BrNO2S/c1-12(2,16)7-14(3)11(15)9-6-8(17)4-5-10(9)13/h4-6,16-17H,7H2,1-3H3. The van der Waals surface area contributed by atoms with Crippen LogP contribution in [0.4, 0.5) is 0 Å². The van der Waals surface area contributed by atoms with Crippen molar-refractivity contribution in [2.45, 2.75) is 24.3 Å². The van der Waals surface area contributed by atoms with Gasteiger partial charge in [-0.2, -0.15) is 0 Å². The van der Waals surface area contributed by atoms with Crippen molar-refractivity contribution >= 4 is 34.5 Å². The van der Waals surface area contributed by atoms with Crippen LogP contribution in [-0.4, -0.2) is 35.1 Å². The van der Waals surface area contributed by atoms with E-state index in [1.165, 1.54) is 4.90 Å². The minimum atomic E-state index is -0.907. The van der Waals surface area contributed by atoms with E-state index in [1.54, 1.807) is 39.1 Å². The molecule has 0 unspecified atom stereocenters. The lowest BCUT2D eigenvalue weighted by atomic mass is 10.1. The van der Waals surface area contributed by atoms with Crippen molar-refractivity contribution in [2.24, 2.45) is 0 Å². The van der Waals surface area contributed by atoms with E-state index in [9.17, 15) is 9.90 Å². The fraction of sp³-hybridized carbons (Fsp3) is 0.417. The lowest BCUT2D eigenvalue weighted by Crippen LogP contribution is -2.39. The number of hydrogen-bond donors (Lipinski definition) is 2. The summed E-state index contributed by atoms with van der Waals surface area (Å²) in [6, 6.07) is 5.30. The highest BCUT2D eigenvalue weighted by molar-refractivity contribution is 9.10. The number of amides is 1. The second-order valence-electron chi connectivity index (χ2n) is 4.64. The molecule has 0 spiro atoms. The molecular weight excluding hydrogens is 302 g/mol.